The summed E-state index contributed by atoms with van der Waals surface area (Å²) in [7, 11) is 1.33. The number of benzene rings is 1. The van der Waals surface area contributed by atoms with Gasteiger partial charge in [0.15, 0.2) is 22.5 Å². The second-order valence-electron chi connectivity index (χ2n) is 7.71. The van der Waals surface area contributed by atoms with Crippen molar-refractivity contribution in [3.63, 3.8) is 0 Å². The molecule has 0 unspecified atom stereocenters. The highest BCUT2D eigenvalue weighted by Crippen LogP contribution is 2.51. The molecular weight excluding hydrogens is 584 g/mol. The molecule has 0 saturated carbocycles. The fraction of sp³-hybridized carbons (Fsp3) is 0.381. The van der Waals surface area contributed by atoms with Gasteiger partial charge in [0.1, 0.15) is 0 Å². The zero-order chi connectivity index (χ0) is 29.6. The molecule has 1 aromatic heterocycles. The molecule has 0 aliphatic rings. The molecule has 39 heavy (non-hydrogen) atoms. The summed E-state index contributed by atoms with van der Waals surface area (Å²) in [6.07, 6.45) is -4.15. The van der Waals surface area contributed by atoms with Crippen LogP contribution in [0.25, 0.3) is 0 Å². The van der Waals surface area contributed by atoms with Gasteiger partial charge in [0.05, 0.1) is 12.7 Å². The number of amides is 1. The Hall–Kier alpha value is -2.67. The highest BCUT2D eigenvalue weighted by Gasteiger charge is 2.73. The van der Waals surface area contributed by atoms with Crippen molar-refractivity contribution in [3.8, 4) is 0 Å². The zero-order valence-electron chi connectivity index (χ0n) is 20.2. The van der Waals surface area contributed by atoms with Crippen molar-refractivity contribution in [2.24, 2.45) is 5.84 Å². The summed E-state index contributed by atoms with van der Waals surface area (Å²) in [6.45, 7) is 0.337. The van der Waals surface area contributed by atoms with Gasteiger partial charge in [-0.3, -0.25) is 15.2 Å². The molecule has 2 rings (SSSR count). The Morgan fingerprint density at radius 1 is 1.21 bits per heavy atom. The number of aromatic nitrogens is 1. The van der Waals surface area contributed by atoms with Gasteiger partial charge in [-0.2, -0.15) is 48.0 Å². The molecular formula is C21H23F8N6O2S2+. The number of thioether (sulfide) groups is 2. The van der Waals surface area contributed by atoms with Gasteiger partial charge in [-0.1, -0.05) is 11.8 Å². The van der Waals surface area contributed by atoms with E-state index >= 15 is 0 Å². The third-order valence-corrected chi connectivity index (χ3v) is 6.60. The van der Waals surface area contributed by atoms with Crippen molar-refractivity contribution < 1.29 is 50.2 Å². The number of hydrogen-bond donors (Lipinski definition) is 4. The highest BCUT2D eigenvalue weighted by atomic mass is 32.2. The summed E-state index contributed by atoms with van der Waals surface area (Å²) in [6, 6.07) is 3.97. The Morgan fingerprint density at radius 3 is 2.44 bits per heavy atom. The molecule has 18 heteroatoms. The van der Waals surface area contributed by atoms with Gasteiger partial charge in [0, 0.05) is 35.3 Å². The van der Waals surface area contributed by atoms with Crippen LogP contribution in [0.4, 0.5) is 46.6 Å². The minimum Gasteiger partial charge on any atom is -0.304 e. The van der Waals surface area contributed by atoms with Crippen LogP contribution in [0.1, 0.15) is 22.3 Å². The van der Waals surface area contributed by atoms with Crippen molar-refractivity contribution >= 4 is 46.1 Å². The zero-order valence-corrected chi connectivity index (χ0v) is 21.8. The van der Waals surface area contributed by atoms with Crippen LogP contribution in [0.2, 0.25) is 0 Å². The smallest absolute Gasteiger partial charge is 0.304 e. The lowest BCUT2D eigenvalue weighted by molar-refractivity contribution is -0.830. The second-order valence-corrected chi connectivity index (χ2v) is 9.73. The first-order valence-corrected chi connectivity index (χ1v) is 12.8. The van der Waals surface area contributed by atoms with E-state index in [1.54, 1.807) is 11.8 Å². The van der Waals surface area contributed by atoms with Gasteiger partial charge in [0.25, 0.3) is 5.91 Å². The van der Waals surface area contributed by atoms with Gasteiger partial charge in [-0.25, -0.2) is 20.1 Å². The Balaban J connectivity index is 2.34. The molecule has 0 fully saturated rings. The van der Waals surface area contributed by atoms with Crippen LogP contribution in [-0.2, 0) is 10.8 Å². The number of nitrogens with zero attached hydrogens (tertiary/aromatic N) is 2. The largest absolute Gasteiger partial charge is 0.460 e. The molecule has 1 aromatic carbocycles. The number of hydrogen-bond acceptors (Lipinski definition) is 7. The summed E-state index contributed by atoms with van der Waals surface area (Å²) in [5.41, 5.74) is -0.593. The van der Waals surface area contributed by atoms with E-state index < -0.39 is 41.1 Å². The number of halogens is 8. The van der Waals surface area contributed by atoms with E-state index in [2.05, 4.69) is 4.98 Å². The standard InChI is InChI=1S/C21H22F8N6O2S2/c1-37-34-12-4-5-15(39-18(30)35(31)6-3-7-38-2)13(9-12)17(36)33-16-14(22)8-11(10-32-16)19(23,24)20(25,26)21(27,28)29/h4-5,8-10,30,34H,3,6-7,31H2,1-2H3,(H,32,33,36)/p+1. The van der Waals surface area contributed by atoms with Crippen LogP contribution in [0, 0.1) is 11.2 Å². The first-order valence-electron chi connectivity index (χ1n) is 10.6. The molecule has 6 N–H and O–H groups in total. The summed E-state index contributed by atoms with van der Waals surface area (Å²) < 4.78 is 106. The maximum atomic E-state index is 14.5. The maximum absolute atomic E-state index is 14.5. The molecule has 2 aromatic rings. The van der Waals surface area contributed by atoms with Crippen LogP contribution in [0.5, 0.6) is 0 Å². The fourth-order valence-electron chi connectivity index (χ4n) is 2.90. The first-order chi connectivity index (χ1) is 18.1. The second kappa shape index (κ2) is 13.1. The van der Waals surface area contributed by atoms with Crippen LogP contribution in [-0.4, -0.2) is 58.8 Å². The molecule has 216 valence electrons. The van der Waals surface area contributed by atoms with E-state index in [1.807, 2.05) is 11.6 Å². The van der Waals surface area contributed by atoms with Crippen molar-refractivity contribution in [2.45, 2.75) is 29.3 Å². The Kier molecular flexibility index (Phi) is 10.9. The number of alkyl halides is 7. The van der Waals surface area contributed by atoms with Gasteiger partial charge in [-0.05, 0) is 30.6 Å². The van der Waals surface area contributed by atoms with Crippen LogP contribution in [0.15, 0.2) is 35.4 Å². The van der Waals surface area contributed by atoms with E-state index in [9.17, 15) is 39.9 Å². The highest BCUT2D eigenvalue weighted by molar-refractivity contribution is 8.13. The van der Waals surface area contributed by atoms with Gasteiger partial charge in [0.2, 0.25) is 0 Å². The van der Waals surface area contributed by atoms with E-state index in [-0.39, 0.29) is 27.9 Å². The van der Waals surface area contributed by atoms with E-state index in [0.29, 0.717) is 18.7 Å². The van der Waals surface area contributed by atoms with Crippen molar-refractivity contribution in [1.82, 2.24) is 9.99 Å². The molecule has 0 bridgehead atoms. The van der Waals surface area contributed by atoms with Crippen LogP contribution >= 0.6 is 23.5 Å². The van der Waals surface area contributed by atoms with Gasteiger partial charge < -0.3 is 5.32 Å². The number of rotatable bonds is 11. The van der Waals surface area contributed by atoms with Gasteiger partial charge in [-0.15, -0.1) is 0 Å². The summed E-state index contributed by atoms with van der Waals surface area (Å²) in [5, 5.41) is 11.1. The lowest BCUT2D eigenvalue weighted by Crippen LogP contribution is -2.76. The topological polar surface area (TPSA) is 121 Å². The molecule has 0 atom stereocenters. The SMILES string of the molecule is CO[NH2+]c1ccc(SC(=N)N(N)CCCSC)c(C(=O)Nc2ncc(C(F)(F)C(F)(F)C(F)(F)F)cc2F)c1. The number of quaternary nitrogens is 1. The number of hydrazine groups is 1. The number of amidine groups is 1. The average molecular weight is 608 g/mol. The lowest BCUT2D eigenvalue weighted by Gasteiger charge is -2.28. The predicted octanol–water partition coefficient (Wildman–Crippen LogP) is 4.47. The Morgan fingerprint density at radius 2 is 1.87 bits per heavy atom. The number of carbonyl (C=O) groups excluding carboxylic acids is 1. The summed E-state index contributed by atoms with van der Waals surface area (Å²) >= 11 is 2.36. The Labute approximate surface area is 225 Å². The van der Waals surface area contributed by atoms with Crippen LogP contribution in [0.3, 0.4) is 0 Å². The van der Waals surface area contributed by atoms with Crippen LogP contribution < -0.4 is 16.6 Å². The van der Waals surface area contributed by atoms with E-state index in [1.165, 1.54) is 30.8 Å². The summed E-state index contributed by atoms with van der Waals surface area (Å²) in [5.74, 6) is -9.57. The maximum Gasteiger partial charge on any atom is 0.460 e. The third-order valence-electron chi connectivity index (χ3n) is 4.90. The number of nitrogens with one attached hydrogen (secondary N) is 2. The van der Waals surface area contributed by atoms with Crippen molar-refractivity contribution in [1.29, 1.82) is 5.41 Å². The van der Waals surface area contributed by atoms with Crippen molar-refractivity contribution in [2.75, 3.05) is 31.0 Å². The number of pyridine rings is 1. The number of anilines is 1. The first kappa shape index (κ1) is 32.5. The number of nitrogens with two attached hydrogens (primary N) is 2. The molecule has 0 aliphatic heterocycles. The quantitative estimate of drug-likeness (QED) is 0.0435. The van der Waals surface area contributed by atoms with E-state index in [4.69, 9.17) is 16.1 Å². The summed E-state index contributed by atoms with van der Waals surface area (Å²) in [4.78, 5) is 21.1. The monoisotopic (exact) mass is 607 g/mol. The average Bonchev–Trinajstić information content (AvgIpc) is 2.85. The van der Waals surface area contributed by atoms with Crippen molar-refractivity contribution in [3.05, 3.63) is 47.4 Å². The molecule has 0 spiro atoms. The lowest BCUT2D eigenvalue weighted by atomic mass is 10.0. The Bertz CT molecular complexity index is 1190. The molecule has 0 aliphatic carbocycles. The molecule has 0 radical (unpaired) electrons. The molecule has 1 amide bonds. The minimum atomic E-state index is -6.63. The van der Waals surface area contributed by atoms with E-state index in [0.717, 1.165) is 22.5 Å². The molecule has 0 saturated heterocycles. The fourth-order valence-corrected chi connectivity index (χ4v) is 4.14. The molecule has 8 nitrogen and oxygen atoms in total. The minimum absolute atomic E-state index is 0.0975. The number of carbonyl (C=O) groups is 1. The predicted molar refractivity (Wildman–Crippen MR) is 130 cm³/mol. The molecule has 1 heterocycles. The normalized spacial score (nSPS) is 12.4. The van der Waals surface area contributed by atoms with Gasteiger partial charge >= 0.3 is 18.0 Å². The third kappa shape index (κ3) is 7.71.